The van der Waals surface area contributed by atoms with Gasteiger partial charge in [-0.3, -0.25) is 0 Å². The first kappa shape index (κ1) is 27.8. The van der Waals surface area contributed by atoms with Gasteiger partial charge >= 0.3 is 0 Å². The lowest BCUT2D eigenvalue weighted by molar-refractivity contribution is 0.669. The lowest BCUT2D eigenvalue weighted by Gasteiger charge is -2.13. The van der Waals surface area contributed by atoms with Gasteiger partial charge in [-0.1, -0.05) is 109 Å². The van der Waals surface area contributed by atoms with Gasteiger partial charge in [-0.25, -0.2) is 15.0 Å². The molecule has 3 aromatic heterocycles. The minimum absolute atomic E-state index is 0.492. The molecule has 0 atom stereocenters. The molecule has 0 spiro atoms. The molecule has 0 N–H and O–H groups in total. The van der Waals surface area contributed by atoms with Crippen molar-refractivity contribution in [2.24, 2.45) is 0 Å². The fourth-order valence-corrected chi connectivity index (χ4v) is 7.17. The number of fused-ring (bicyclic) bond motifs is 7. The van der Waals surface area contributed by atoms with Crippen LogP contribution in [0.2, 0.25) is 5.02 Å². The number of hydrogen-bond donors (Lipinski definition) is 0. The van der Waals surface area contributed by atoms with Crippen LogP contribution in [0.25, 0.3) is 94.4 Å². The van der Waals surface area contributed by atoms with E-state index in [0.29, 0.717) is 22.5 Å². The predicted molar refractivity (Wildman–Crippen MR) is 200 cm³/mol. The molecule has 0 aliphatic carbocycles. The Bertz CT molecular complexity index is 2910. The monoisotopic (exact) mass is 648 g/mol. The van der Waals surface area contributed by atoms with Crippen molar-refractivity contribution in [3.05, 3.63) is 157 Å². The van der Waals surface area contributed by atoms with Crippen molar-refractivity contribution >= 4 is 66.1 Å². The van der Waals surface area contributed by atoms with Crippen LogP contribution in [0.5, 0.6) is 0 Å². The van der Waals surface area contributed by atoms with Crippen molar-refractivity contribution in [2.75, 3.05) is 0 Å². The van der Waals surface area contributed by atoms with E-state index < -0.39 is 0 Å². The average molecular weight is 649 g/mol. The summed E-state index contributed by atoms with van der Waals surface area (Å²) in [5.74, 6) is 1.60. The van der Waals surface area contributed by atoms with Crippen LogP contribution in [0.3, 0.4) is 0 Å². The molecule has 7 aromatic carbocycles. The summed E-state index contributed by atoms with van der Waals surface area (Å²) in [4.78, 5) is 15.0. The number of para-hydroxylation sites is 2. The van der Waals surface area contributed by atoms with E-state index in [1.807, 2.05) is 66.7 Å². The van der Waals surface area contributed by atoms with E-state index in [1.165, 1.54) is 21.5 Å². The molecule has 0 aliphatic heterocycles. The first-order chi connectivity index (χ1) is 24.2. The van der Waals surface area contributed by atoms with Crippen LogP contribution in [0, 0.1) is 0 Å². The van der Waals surface area contributed by atoms with Gasteiger partial charge in [0, 0.05) is 43.9 Å². The Morgan fingerprint density at radius 3 is 1.98 bits per heavy atom. The zero-order chi connectivity index (χ0) is 32.5. The molecule has 230 valence electrons. The normalized spacial score (nSPS) is 11.8. The van der Waals surface area contributed by atoms with E-state index in [9.17, 15) is 0 Å². The average Bonchev–Trinajstić information content (AvgIpc) is 3.69. The summed E-state index contributed by atoms with van der Waals surface area (Å²) in [5.41, 5.74) is 7.26. The lowest BCUT2D eigenvalue weighted by Crippen LogP contribution is -2.01. The Hall–Kier alpha value is -6.30. The quantitative estimate of drug-likeness (QED) is 0.190. The van der Waals surface area contributed by atoms with E-state index in [0.717, 1.165) is 55.3 Å². The number of benzene rings is 7. The predicted octanol–water partition coefficient (Wildman–Crippen LogP) is 11.7. The van der Waals surface area contributed by atoms with Crippen molar-refractivity contribution in [1.82, 2.24) is 19.5 Å². The maximum atomic E-state index is 7.00. The van der Waals surface area contributed by atoms with Crippen molar-refractivity contribution < 1.29 is 4.42 Å². The summed E-state index contributed by atoms with van der Waals surface area (Å²) < 4.78 is 8.52. The van der Waals surface area contributed by atoms with E-state index >= 15 is 0 Å². The highest BCUT2D eigenvalue weighted by atomic mass is 35.5. The Balaban J connectivity index is 1.19. The SMILES string of the molecule is Clc1ccc(-n2c3ccccc3c3cc4ccccc4cc32)cc1-c1nc(-c2ccccc2)nc(-c2ccc3c(c2)oc2ccccc23)n1. The Kier molecular flexibility index (Phi) is 6.16. The van der Waals surface area contributed by atoms with E-state index in [4.69, 9.17) is 31.0 Å². The molecule has 6 heteroatoms. The molecule has 0 radical (unpaired) electrons. The van der Waals surface area contributed by atoms with Crippen LogP contribution in [-0.4, -0.2) is 19.5 Å². The summed E-state index contributed by atoms with van der Waals surface area (Å²) in [6, 6.07) is 51.8. The van der Waals surface area contributed by atoms with Gasteiger partial charge in [0.05, 0.1) is 16.1 Å². The van der Waals surface area contributed by atoms with Gasteiger partial charge in [-0.2, -0.15) is 0 Å². The Morgan fingerprint density at radius 2 is 1.12 bits per heavy atom. The second-order valence-electron chi connectivity index (χ2n) is 12.2. The molecule has 0 saturated carbocycles. The van der Waals surface area contributed by atoms with Crippen LogP contribution in [-0.2, 0) is 0 Å². The molecule has 0 amide bonds. The molecule has 3 heterocycles. The number of halogens is 1. The molecule has 49 heavy (non-hydrogen) atoms. The fourth-order valence-electron chi connectivity index (χ4n) is 6.96. The Labute approximate surface area is 285 Å². The zero-order valence-corrected chi connectivity index (χ0v) is 26.8. The standard InChI is InChI=1S/C43H25ClN4O/c44-36-21-19-30(48-37-16-8-6-14-31(37)34-22-27-12-4-5-13-28(27)23-38(34)48)25-35(36)43-46-41(26-10-2-1-3-11-26)45-42(47-43)29-18-20-33-32-15-7-9-17-39(32)49-40(33)24-29/h1-25H. The maximum absolute atomic E-state index is 7.00. The smallest absolute Gasteiger partial charge is 0.165 e. The lowest BCUT2D eigenvalue weighted by atomic mass is 10.1. The highest BCUT2D eigenvalue weighted by Gasteiger charge is 2.19. The molecule has 10 aromatic rings. The van der Waals surface area contributed by atoms with Crippen molar-refractivity contribution in [3.8, 4) is 39.9 Å². The van der Waals surface area contributed by atoms with E-state index in [2.05, 4.69) is 89.5 Å². The van der Waals surface area contributed by atoms with Crippen molar-refractivity contribution in [3.63, 3.8) is 0 Å². The number of hydrogen-bond acceptors (Lipinski definition) is 4. The van der Waals surface area contributed by atoms with Gasteiger partial charge < -0.3 is 8.98 Å². The van der Waals surface area contributed by atoms with E-state index in [-0.39, 0.29) is 0 Å². The first-order valence-electron chi connectivity index (χ1n) is 16.1. The minimum Gasteiger partial charge on any atom is -0.456 e. The number of nitrogens with zero attached hydrogens (tertiary/aromatic N) is 4. The molecule has 0 aliphatic rings. The molecule has 0 saturated heterocycles. The molecule has 0 fully saturated rings. The third-order valence-corrected chi connectivity index (χ3v) is 9.62. The molecule has 0 unspecified atom stereocenters. The van der Waals surface area contributed by atoms with Gasteiger partial charge in [-0.15, -0.1) is 0 Å². The number of rotatable bonds is 4. The minimum atomic E-state index is 0.492. The van der Waals surface area contributed by atoms with Crippen LogP contribution < -0.4 is 0 Å². The summed E-state index contributed by atoms with van der Waals surface area (Å²) in [6.45, 7) is 0. The molecular formula is C43H25ClN4O. The van der Waals surface area contributed by atoms with Gasteiger partial charge in [0.15, 0.2) is 17.5 Å². The second kappa shape index (κ2) is 10.9. The summed E-state index contributed by atoms with van der Waals surface area (Å²) >= 11 is 7.00. The summed E-state index contributed by atoms with van der Waals surface area (Å²) in [6.07, 6.45) is 0. The summed E-state index contributed by atoms with van der Waals surface area (Å²) in [7, 11) is 0. The molecular weight excluding hydrogens is 624 g/mol. The van der Waals surface area contributed by atoms with Gasteiger partial charge in [-0.05, 0) is 65.4 Å². The fraction of sp³-hybridized carbons (Fsp3) is 0. The first-order valence-corrected chi connectivity index (χ1v) is 16.5. The van der Waals surface area contributed by atoms with Gasteiger partial charge in [0.1, 0.15) is 11.2 Å². The van der Waals surface area contributed by atoms with Gasteiger partial charge in [0.2, 0.25) is 0 Å². The second-order valence-corrected chi connectivity index (χ2v) is 12.6. The van der Waals surface area contributed by atoms with Crippen LogP contribution in [0.15, 0.2) is 156 Å². The van der Waals surface area contributed by atoms with Crippen LogP contribution in [0.1, 0.15) is 0 Å². The maximum Gasteiger partial charge on any atom is 0.165 e. The van der Waals surface area contributed by atoms with Crippen molar-refractivity contribution in [1.29, 1.82) is 0 Å². The third kappa shape index (κ3) is 4.51. The highest BCUT2D eigenvalue weighted by molar-refractivity contribution is 6.33. The Morgan fingerprint density at radius 1 is 0.449 bits per heavy atom. The highest BCUT2D eigenvalue weighted by Crippen LogP contribution is 2.38. The topological polar surface area (TPSA) is 56.7 Å². The molecule has 0 bridgehead atoms. The van der Waals surface area contributed by atoms with E-state index in [1.54, 1.807) is 0 Å². The van der Waals surface area contributed by atoms with Crippen LogP contribution in [0.4, 0.5) is 0 Å². The molecule has 10 rings (SSSR count). The van der Waals surface area contributed by atoms with Crippen LogP contribution >= 0.6 is 11.6 Å². The zero-order valence-electron chi connectivity index (χ0n) is 26.0. The van der Waals surface area contributed by atoms with Gasteiger partial charge in [0.25, 0.3) is 0 Å². The largest absolute Gasteiger partial charge is 0.456 e. The summed E-state index contributed by atoms with van der Waals surface area (Å²) in [5, 5.41) is 7.46. The third-order valence-electron chi connectivity index (χ3n) is 9.29. The van der Waals surface area contributed by atoms with Crippen molar-refractivity contribution in [2.45, 2.75) is 0 Å². The number of aromatic nitrogens is 4. The number of furan rings is 1. The molecule has 5 nitrogen and oxygen atoms in total.